The number of fused-ring (bicyclic) bond motifs is 1. The number of nitrogen functional groups attached to an aromatic ring is 1. The molecule has 1 saturated heterocycles. The van der Waals surface area contributed by atoms with E-state index < -0.39 is 0 Å². The van der Waals surface area contributed by atoms with Gasteiger partial charge >= 0.3 is 0 Å². The van der Waals surface area contributed by atoms with Gasteiger partial charge in [-0.1, -0.05) is 36.4 Å². The zero-order valence-corrected chi connectivity index (χ0v) is 15.0. The molecule has 1 fully saturated rings. The molecule has 7 nitrogen and oxygen atoms in total. The first-order valence-electron chi connectivity index (χ1n) is 9.13. The summed E-state index contributed by atoms with van der Waals surface area (Å²) in [7, 11) is 0. The number of nitrogens with two attached hydrogens (primary N) is 1. The summed E-state index contributed by atoms with van der Waals surface area (Å²) < 4.78 is 0. The Labute approximate surface area is 157 Å². The molecular weight excluding hydrogens is 340 g/mol. The molecular formula is C20H22N6O. The van der Waals surface area contributed by atoms with Crippen LogP contribution in [-0.4, -0.2) is 29.0 Å². The fourth-order valence-electron chi connectivity index (χ4n) is 3.45. The fraction of sp³-hybridized carbons (Fsp3) is 0.250. The van der Waals surface area contributed by atoms with Crippen LogP contribution in [0.4, 0.5) is 17.3 Å². The largest absolute Gasteiger partial charge is 0.393 e. The van der Waals surface area contributed by atoms with Crippen molar-refractivity contribution < 1.29 is 4.79 Å². The second-order valence-corrected chi connectivity index (χ2v) is 6.61. The van der Waals surface area contributed by atoms with Crippen LogP contribution >= 0.6 is 0 Å². The molecule has 0 bridgehead atoms. The number of rotatable bonds is 4. The Bertz CT molecular complexity index is 962. The van der Waals surface area contributed by atoms with Crippen molar-refractivity contribution in [2.24, 2.45) is 0 Å². The summed E-state index contributed by atoms with van der Waals surface area (Å²) in [6, 6.07) is 13.4. The van der Waals surface area contributed by atoms with Crippen molar-refractivity contribution >= 4 is 34.0 Å². The molecule has 0 radical (unpaired) electrons. The van der Waals surface area contributed by atoms with Crippen LogP contribution in [0.2, 0.25) is 0 Å². The van der Waals surface area contributed by atoms with E-state index in [9.17, 15) is 4.79 Å². The van der Waals surface area contributed by atoms with E-state index in [1.54, 1.807) is 6.07 Å². The molecule has 0 aliphatic carbocycles. The lowest BCUT2D eigenvalue weighted by Crippen LogP contribution is -2.33. The van der Waals surface area contributed by atoms with Gasteiger partial charge in [0, 0.05) is 18.7 Å². The third-order valence-electron chi connectivity index (χ3n) is 4.85. The molecule has 138 valence electrons. The molecule has 7 heteroatoms. The quantitative estimate of drug-likeness (QED) is 0.618. The van der Waals surface area contributed by atoms with Crippen molar-refractivity contribution in [3.05, 3.63) is 54.4 Å². The Morgan fingerprint density at radius 3 is 2.63 bits per heavy atom. The first kappa shape index (κ1) is 17.1. The van der Waals surface area contributed by atoms with Gasteiger partial charge in [0.2, 0.25) is 0 Å². The molecule has 0 saturated carbocycles. The van der Waals surface area contributed by atoms with Crippen molar-refractivity contribution in [1.82, 2.24) is 15.4 Å². The second kappa shape index (κ2) is 7.49. The van der Waals surface area contributed by atoms with Crippen molar-refractivity contribution in [2.75, 3.05) is 29.1 Å². The van der Waals surface area contributed by atoms with E-state index in [4.69, 9.17) is 5.73 Å². The van der Waals surface area contributed by atoms with E-state index in [-0.39, 0.29) is 5.91 Å². The van der Waals surface area contributed by atoms with Crippen molar-refractivity contribution in [2.45, 2.75) is 19.3 Å². The van der Waals surface area contributed by atoms with E-state index in [2.05, 4.69) is 25.7 Å². The number of nitrogens with one attached hydrogen (secondary N) is 2. The van der Waals surface area contributed by atoms with Crippen molar-refractivity contribution in [3.63, 3.8) is 0 Å². The molecule has 2 heterocycles. The number of hydrogen-bond donors (Lipinski definition) is 3. The standard InChI is InChI=1S/C20H22N6O/c21-17-18(22-13-23-19(17)26-11-4-1-5-12-26)24-25-20(27)16-10-6-8-14-7-2-3-9-15(14)16/h2-3,6-10,13H,1,4-5,11-12,21H2,(H,25,27)(H,22,23,24). The van der Waals surface area contributed by atoms with E-state index in [0.717, 1.165) is 36.7 Å². The molecule has 1 aliphatic heterocycles. The van der Waals surface area contributed by atoms with Crippen molar-refractivity contribution in [3.8, 4) is 0 Å². The number of benzene rings is 2. The van der Waals surface area contributed by atoms with Crippen LogP contribution in [0.15, 0.2) is 48.8 Å². The number of hydrazine groups is 1. The highest BCUT2D eigenvalue weighted by molar-refractivity contribution is 6.07. The summed E-state index contributed by atoms with van der Waals surface area (Å²) in [4.78, 5) is 23.3. The van der Waals surface area contributed by atoms with Crippen LogP contribution in [0, 0.1) is 0 Å². The number of aromatic nitrogens is 2. The summed E-state index contributed by atoms with van der Waals surface area (Å²) >= 11 is 0. The molecule has 0 spiro atoms. The molecule has 4 rings (SSSR count). The molecule has 4 N–H and O–H groups in total. The summed E-state index contributed by atoms with van der Waals surface area (Å²) in [5.74, 6) is 0.870. The Hall–Kier alpha value is -3.35. The first-order valence-corrected chi connectivity index (χ1v) is 9.13. The van der Waals surface area contributed by atoms with Gasteiger partial charge in [-0.3, -0.25) is 15.6 Å². The third kappa shape index (κ3) is 3.48. The van der Waals surface area contributed by atoms with Crippen LogP contribution in [0.3, 0.4) is 0 Å². The molecule has 3 aromatic rings. The average Bonchev–Trinajstić information content (AvgIpc) is 2.73. The molecule has 0 unspecified atom stereocenters. The van der Waals surface area contributed by atoms with Crippen LogP contribution < -0.4 is 21.5 Å². The average molecular weight is 362 g/mol. The Balaban J connectivity index is 1.52. The minimum atomic E-state index is -0.246. The Morgan fingerprint density at radius 1 is 1.00 bits per heavy atom. The predicted molar refractivity (Wildman–Crippen MR) is 108 cm³/mol. The monoisotopic (exact) mass is 362 g/mol. The topological polar surface area (TPSA) is 96.2 Å². The van der Waals surface area contributed by atoms with Crippen LogP contribution in [0.1, 0.15) is 29.6 Å². The number of anilines is 3. The molecule has 1 amide bonds. The molecule has 1 aromatic heterocycles. The highest BCUT2D eigenvalue weighted by Gasteiger charge is 2.18. The van der Waals surface area contributed by atoms with Crippen molar-refractivity contribution in [1.29, 1.82) is 0 Å². The lowest BCUT2D eigenvalue weighted by molar-refractivity contribution is 0.0964. The lowest BCUT2D eigenvalue weighted by Gasteiger charge is -2.28. The maximum Gasteiger partial charge on any atom is 0.270 e. The molecule has 1 aliphatic rings. The maximum atomic E-state index is 12.7. The van der Waals surface area contributed by atoms with Crippen LogP contribution in [0.25, 0.3) is 10.8 Å². The molecule has 27 heavy (non-hydrogen) atoms. The van der Waals surface area contributed by atoms with E-state index in [1.807, 2.05) is 36.4 Å². The third-order valence-corrected chi connectivity index (χ3v) is 4.85. The number of nitrogens with zero attached hydrogens (tertiary/aromatic N) is 3. The Morgan fingerprint density at radius 2 is 1.78 bits per heavy atom. The van der Waals surface area contributed by atoms with Gasteiger partial charge in [-0.25, -0.2) is 9.97 Å². The first-order chi connectivity index (χ1) is 13.2. The van der Waals surface area contributed by atoms with Gasteiger partial charge in [0.05, 0.1) is 0 Å². The fourth-order valence-corrected chi connectivity index (χ4v) is 3.45. The van der Waals surface area contributed by atoms with Gasteiger partial charge in [0.1, 0.15) is 12.0 Å². The van der Waals surface area contributed by atoms with Crippen LogP contribution in [0.5, 0.6) is 0 Å². The molecule has 2 aromatic carbocycles. The van der Waals surface area contributed by atoms with E-state index >= 15 is 0 Å². The maximum absolute atomic E-state index is 12.7. The van der Waals surface area contributed by atoms with Gasteiger partial charge in [-0.2, -0.15) is 0 Å². The summed E-state index contributed by atoms with van der Waals surface area (Å²) in [6.07, 6.45) is 4.95. The summed E-state index contributed by atoms with van der Waals surface area (Å²) in [5, 5.41) is 1.91. The van der Waals surface area contributed by atoms with E-state index in [1.165, 1.54) is 12.7 Å². The molecule has 0 atom stereocenters. The highest BCUT2D eigenvalue weighted by atomic mass is 16.2. The zero-order chi connectivity index (χ0) is 18.6. The van der Waals surface area contributed by atoms with E-state index in [0.29, 0.717) is 22.9 Å². The summed E-state index contributed by atoms with van der Waals surface area (Å²) in [5.41, 5.74) is 12.8. The number of carbonyl (C=O) groups is 1. The lowest BCUT2D eigenvalue weighted by atomic mass is 10.0. The van der Waals surface area contributed by atoms with Crippen LogP contribution in [-0.2, 0) is 0 Å². The highest BCUT2D eigenvalue weighted by Crippen LogP contribution is 2.28. The zero-order valence-electron chi connectivity index (χ0n) is 15.0. The summed E-state index contributed by atoms with van der Waals surface area (Å²) in [6.45, 7) is 1.87. The SMILES string of the molecule is Nc1c(NNC(=O)c2cccc3ccccc23)ncnc1N1CCCCC1. The number of piperidine rings is 1. The normalized spacial score (nSPS) is 14.1. The minimum Gasteiger partial charge on any atom is -0.393 e. The number of hydrogen-bond acceptors (Lipinski definition) is 6. The number of amides is 1. The number of carbonyl (C=O) groups excluding carboxylic acids is 1. The van der Waals surface area contributed by atoms with Gasteiger partial charge in [0.25, 0.3) is 5.91 Å². The van der Waals surface area contributed by atoms with Gasteiger partial charge < -0.3 is 10.6 Å². The smallest absolute Gasteiger partial charge is 0.270 e. The van der Waals surface area contributed by atoms with Gasteiger partial charge in [-0.15, -0.1) is 0 Å². The Kier molecular flexibility index (Phi) is 4.74. The second-order valence-electron chi connectivity index (χ2n) is 6.61. The van der Waals surface area contributed by atoms with Gasteiger partial charge in [0.15, 0.2) is 11.6 Å². The predicted octanol–water partition coefficient (Wildman–Crippen LogP) is 2.96. The minimum absolute atomic E-state index is 0.246. The van der Waals surface area contributed by atoms with Gasteiger partial charge in [-0.05, 0) is 36.1 Å².